The average Bonchev–Trinajstić information content (AvgIpc) is 3.29. The van der Waals surface area contributed by atoms with E-state index in [0.29, 0.717) is 6.17 Å². The van der Waals surface area contributed by atoms with Crippen molar-refractivity contribution in [3.05, 3.63) is 12.4 Å². The summed E-state index contributed by atoms with van der Waals surface area (Å²) in [6.45, 7) is 9.46. The molecule has 1 rings (SSSR count). The second-order valence-corrected chi connectivity index (χ2v) is 12.2. The fourth-order valence-electron chi connectivity index (χ4n) is 6.01. The van der Waals surface area contributed by atoms with Crippen LogP contribution in [0, 0.1) is 0 Å². The van der Waals surface area contributed by atoms with Crippen LogP contribution in [0.2, 0.25) is 0 Å². The molecule has 0 spiro atoms. The predicted octanol–water partition coefficient (Wildman–Crippen LogP) is 12.0. The summed E-state index contributed by atoms with van der Waals surface area (Å²) in [4.78, 5) is 5.36. The topological polar surface area (TPSA) is 6.48 Å². The quantitative estimate of drug-likeness (QED) is 0.0908. The zero-order valence-electron chi connectivity index (χ0n) is 26.1. The Morgan fingerprint density at radius 1 is 0.351 bits per heavy atom. The van der Waals surface area contributed by atoms with Gasteiger partial charge in [-0.1, -0.05) is 168 Å². The first-order valence-electron chi connectivity index (χ1n) is 17.5. The summed E-state index contributed by atoms with van der Waals surface area (Å²) in [5.74, 6) is 0. The normalized spacial score (nSPS) is 15.4. The highest BCUT2D eigenvalue weighted by atomic mass is 15.4. The molecule has 1 atom stereocenters. The van der Waals surface area contributed by atoms with Crippen molar-refractivity contribution in [2.45, 2.75) is 200 Å². The van der Waals surface area contributed by atoms with Gasteiger partial charge in [0.25, 0.3) is 0 Å². The van der Waals surface area contributed by atoms with E-state index in [1.165, 1.54) is 186 Å². The lowest BCUT2D eigenvalue weighted by Gasteiger charge is -2.33. The van der Waals surface area contributed by atoms with Crippen molar-refractivity contribution < 1.29 is 0 Å². The molecule has 0 amide bonds. The van der Waals surface area contributed by atoms with E-state index in [-0.39, 0.29) is 0 Å². The molecule has 2 nitrogen and oxygen atoms in total. The van der Waals surface area contributed by atoms with Crippen LogP contribution in [0.15, 0.2) is 12.4 Å². The van der Waals surface area contributed by atoms with Gasteiger partial charge in [0, 0.05) is 25.5 Å². The first-order valence-corrected chi connectivity index (χ1v) is 17.5. The Kier molecular flexibility index (Phi) is 25.0. The summed E-state index contributed by atoms with van der Waals surface area (Å²) in [5, 5.41) is 0. The summed E-state index contributed by atoms with van der Waals surface area (Å²) >= 11 is 0. The van der Waals surface area contributed by atoms with Crippen molar-refractivity contribution in [3.63, 3.8) is 0 Å². The largest absolute Gasteiger partial charge is 0.356 e. The van der Waals surface area contributed by atoms with Crippen LogP contribution in [0.25, 0.3) is 0 Å². The number of unbranched alkanes of at least 4 members (excludes halogenated alkanes) is 23. The van der Waals surface area contributed by atoms with E-state index < -0.39 is 0 Å². The van der Waals surface area contributed by atoms with Crippen molar-refractivity contribution in [1.29, 1.82) is 0 Å². The highest BCUT2D eigenvalue weighted by Gasteiger charge is 2.24. The second-order valence-electron chi connectivity index (χ2n) is 12.2. The van der Waals surface area contributed by atoms with Crippen LogP contribution in [0.5, 0.6) is 0 Å². The van der Waals surface area contributed by atoms with E-state index in [9.17, 15) is 0 Å². The maximum Gasteiger partial charge on any atom is 0.101 e. The van der Waals surface area contributed by atoms with Gasteiger partial charge in [0.15, 0.2) is 0 Å². The maximum atomic E-state index is 2.69. The van der Waals surface area contributed by atoms with Crippen molar-refractivity contribution in [2.75, 3.05) is 13.1 Å². The Morgan fingerprint density at radius 2 is 0.622 bits per heavy atom. The molecule has 0 aromatic carbocycles. The van der Waals surface area contributed by atoms with Crippen LogP contribution in [0.1, 0.15) is 194 Å². The van der Waals surface area contributed by atoms with Crippen LogP contribution in [0.3, 0.4) is 0 Å². The van der Waals surface area contributed by atoms with Gasteiger partial charge in [0.05, 0.1) is 0 Å². The second kappa shape index (κ2) is 26.9. The van der Waals surface area contributed by atoms with E-state index in [2.05, 4.69) is 43.0 Å². The molecule has 0 aromatic heterocycles. The predicted molar refractivity (Wildman–Crippen MR) is 168 cm³/mol. The molecule has 0 radical (unpaired) electrons. The van der Waals surface area contributed by atoms with Crippen molar-refractivity contribution in [3.8, 4) is 0 Å². The van der Waals surface area contributed by atoms with Crippen LogP contribution < -0.4 is 0 Å². The zero-order valence-corrected chi connectivity index (χ0v) is 26.1. The summed E-state index contributed by atoms with van der Waals surface area (Å²) in [6.07, 6.45) is 44.0. The number of nitrogens with zero attached hydrogens (tertiary/aromatic N) is 2. The van der Waals surface area contributed by atoms with Crippen molar-refractivity contribution in [1.82, 2.24) is 9.80 Å². The van der Waals surface area contributed by atoms with Crippen LogP contribution in [0.4, 0.5) is 0 Å². The molecule has 0 fully saturated rings. The van der Waals surface area contributed by atoms with Crippen molar-refractivity contribution in [2.24, 2.45) is 0 Å². The van der Waals surface area contributed by atoms with Gasteiger partial charge in [-0.25, -0.2) is 0 Å². The van der Waals surface area contributed by atoms with Crippen LogP contribution >= 0.6 is 0 Å². The van der Waals surface area contributed by atoms with Crippen molar-refractivity contribution >= 4 is 0 Å². The van der Waals surface area contributed by atoms with Gasteiger partial charge >= 0.3 is 0 Å². The smallest absolute Gasteiger partial charge is 0.101 e. The Morgan fingerprint density at radius 3 is 0.973 bits per heavy atom. The van der Waals surface area contributed by atoms with E-state index in [1.807, 2.05) is 0 Å². The molecule has 0 aliphatic carbocycles. The lowest BCUT2D eigenvalue weighted by atomic mass is 10.0. The van der Waals surface area contributed by atoms with E-state index in [0.717, 1.165) is 0 Å². The van der Waals surface area contributed by atoms with Crippen LogP contribution in [-0.2, 0) is 0 Å². The molecule has 37 heavy (non-hydrogen) atoms. The first kappa shape index (κ1) is 34.4. The highest BCUT2D eigenvalue weighted by Crippen LogP contribution is 2.24. The number of rotatable bonds is 29. The van der Waals surface area contributed by atoms with E-state index in [4.69, 9.17) is 0 Å². The molecule has 1 heterocycles. The lowest BCUT2D eigenvalue weighted by Crippen LogP contribution is -2.39. The molecule has 1 aliphatic rings. The molecule has 0 aromatic rings. The summed E-state index contributed by atoms with van der Waals surface area (Å²) in [6, 6.07) is 0. The van der Waals surface area contributed by atoms with Gasteiger partial charge in [0.2, 0.25) is 0 Å². The minimum Gasteiger partial charge on any atom is -0.356 e. The molecule has 1 aliphatic heterocycles. The molecule has 0 saturated heterocycles. The average molecular weight is 519 g/mol. The Labute approximate surface area is 235 Å². The fourth-order valence-corrected chi connectivity index (χ4v) is 6.01. The third kappa shape index (κ3) is 20.0. The molecular formula is C35H70N2. The molecule has 0 N–H and O–H groups in total. The maximum absolute atomic E-state index is 2.69. The fraction of sp³-hybridized carbons (Fsp3) is 0.943. The van der Waals surface area contributed by atoms with Gasteiger partial charge in [-0.05, 0) is 25.7 Å². The Balaban J connectivity index is 2.08. The van der Waals surface area contributed by atoms with Crippen LogP contribution in [-0.4, -0.2) is 29.1 Å². The zero-order chi connectivity index (χ0) is 26.7. The third-order valence-electron chi connectivity index (χ3n) is 8.57. The minimum absolute atomic E-state index is 0.643. The lowest BCUT2D eigenvalue weighted by molar-refractivity contribution is 0.135. The first-order chi connectivity index (χ1) is 18.3. The van der Waals surface area contributed by atoms with Gasteiger partial charge in [-0.15, -0.1) is 0 Å². The standard InChI is InChI=1S/C35H70N2/c1-4-7-10-13-15-16-17-18-19-20-21-22-23-24-25-27-30-35-36(31-28-12-9-6-3)33-34-37(35)32-29-26-14-11-8-5-2/h33-35H,4-32H2,1-3H3. The molecule has 220 valence electrons. The molecule has 0 bridgehead atoms. The van der Waals surface area contributed by atoms with E-state index >= 15 is 0 Å². The number of hydrogen-bond acceptors (Lipinski definition) is 2. The van der Waals surface area contributed by atoms with Gasteiger partial charge in [0.1, 0.15) is 6.17 Å². The molecule has 1 unspecified atom stereocenters. The molecule has 0 saturated carbocycles. The monoisotopic (exact) mass is 519 g/mol. The summed E-state index contributed by atoms with van der Waals surface area (Å²) < 4.78 is 0. The molecular weight excluding hydrogens is 448 g/mol. The molecule has 2 heteroatoms. The van der Waals surface area contributed by atoms with Gasteiger partial charge < -0.3 is 9.80 Å². The highest BCUT2D eigenvalue weighted by molar-refractivity contribution is 4.97. The Hall–Kier alpha value is -0.660. The number of hydrogen-bond donors (Lipinski definition) is 0. The Bertz CT molecular complexity index is 474. The summed E-state index contributed by atoms with van der Waals surface area (Å²) in [5.41, 5.74) is 0. The van der Waals surface area contributed by atoms with Gasteiger partial charge in [-0.2, -0.15) is 0 Å². The summed E-state index contributed by atoms with van der Waals surface area (Å²) in [7, 11) is 0. The third-order valence-corrected chi connectivity index (χ3v) is 8.57. The van der Waals surface area contributed by atoms with Gasteiger partial charge in [-0.3, -0.25) is 0 Å². The minimum atomic E-state index is 0.643. The SMILES string of the molecule is CCCCCCCCCCCCCCCCCCC1N(CCCCCC)C=CN1CCCCCCCC. The van der Waals surface area contributed by atoms with E-state index in [1.54, 1.807) is 0 Å².